The van der Waals surface area contributed by atoms with E-state index in [0.717, 1.165) is 19.4 Å². The van der Waals surface area contributed by atoms with Gasteiger partial charge in [0.1, 0.15) is 11.4 Å². The summed E-state index contributed by atoms with van der Waals surface area (Å²) in [6.45, 7) is 5.01. The minimum Gasteiger partial charge on any atom is -0.379 e. The summed E-state index contributed by atoms with van der Waals surface area (Å²) in [5.74, 6) is 0.561. The number of hydrogen-bond donors (Lipinski definition) is 2. The van der Waals surface area contributed by atoms with Crippen LogP contribution in [0.4, 0.5) is 17.1 Å². The van der Waals surface area contributed by atoms with Gasteiger partial charge in [-0.2, -0.15) is 0 Å². The van der Waals surface area contributed by atoms with E-state index in [2.05, 4.69) is 17.6 Å². The monoisotopic (exact) mass is 291 g/mol. The second-order valence-electron chi connectivity index (χ2n) is 5.90. The van der Waals surface area contributed by atoms with Gasteiger partial charge in [0.05, 0.1) is 4.92 Å². The van der Waals surface area contributed by atoms with Crippen molar-refractivity contribution in [3.8, 4) is 0 Å². The molecule has 1 aromatic rings. The largest absolute Gasteiger partial charge is 0.379 e. The van der Waals surface area contributed by atoms with E-state index < -0.39 is 0 Å². The number of hydrogen-bond acceptors (Lipinski definition) is 4. The molecule has 2 rings (SSSR count). The van der Waals surface area contributed by atoms with Gasteiger partial charge in [-0.15, -0.1) is 0 Å². The molecule has 1 saturated carbocycles. The van der Waals surface area contributed by atoms with E-state index in [1.165, 1.54) is 19.3 Å². The van der Waals surface area contributed by atoms with E-state index in [-0.39, 0.29) is 10.6 Å². The van der Waals surface area contributed by atoms with Gasteiger partial charge in [-0.3, -0.25) is 10.1 Å². The Labute approximate surface area is 126 Å². The fourth-order valence-corrected chi connectivity index (χ4v) is 2.99. The van der Waals surface area contributed by atoms with E-state index in [4.69, 9.17) is 0 Å². The van der Waals surface area contributed by atoms with E-state index >= 15 is 0 Å². The van der Waals surface area contributed by atoms with Crippen molar-refractivity contribution in [2.45, 2.75) is 52.0 Å². The van der Waals surface area contributed by atoms with E-state index in [0.29, 0.717) is 23.3 Å². The second-order valence-corrected chi connectivity index (χ2v) is 5.90. The molecule has 1 aromatic carbocycles. The molecular formula is C16H25N3O2. The number of benzene rings is 1. The van der Waals surface area contributed by atoms with Crippen LogP contribution in [0.15, 0.2) is 18.2 Å². The summed E-state index contributed by atoms with van der Waals surface area (Å²) >= 11 is 0. The summed E-state index contributed by atoms with van der Waals surface area (Å²) < 4.78 is 0. The molecule has 0 heterocycles. The Kier molecular flexibility index (Phi) is 5.42. The van der Waals surface area contributed by atoms with Gasteiger partial charge in [-0.25, -0.2) is 0 Å². The summed E-state index contributed by atoms with van der Waals surface area (Å²) in [6.07, 6.45) is 5.68. The van der Waals surface area contributed by atoms with Crippen molar-refractivity contribution in [3.05, 3.63) is 28.3 Å². The SMILES string of the molecule is CCCNc1cccc(NC2CCCCC2C)c1[N+](=O)[O-]. The molecular weight excluding hydrogens is 266 g/mol. The third-order valence-electron chi connectivity index (χ3n) is 4.24. The van der Waals surface area contributed by atoms with Gasteiger partial charge in [-0.1, -0.05) is 32.8 Å². The first kappa shape index (κ1) is 15.6. The Hall–Kier alpha value is -1.78. The highest BCUT2D eigenvalue weighted by molar-refractivity contribution is 5.76. The van der Waals surface area contributed by atoms with Crippen LogP contribution in [0.5, 0.6) is 0 Å². The minimum atomic E-state index is -0.284. The molecule has 0 radical (unpaired) electrons. The predicted molar refractivity (Wildman–Crippen MR) is 86.9 cm³/mol. The molecule has 5 nitrogen and oxygen atoms in total. The zero-order valence-corrected chi connectivity index (χ0v) is 12.9. The third-order valence-corrected chi connectivity index (χ3v) is 4.24. The maximum Gasteiger partial charge on any atom is 0.315 e. The Balaban J connectivity index is 2.23. The average Bonchev–Trinajstić information content (AvgIpc) is 2.47. The molecule has 5 heteroatoms. The lowest BCUT2D eigenvalue weighted by Gasteiger charge is -2.30. The second kappa shape index (κ2) is 7.29. The van der Waals surface area contributed by atoms with Crippen molar-refractivity contribution in [1.29, 1.82) is 0 Å². The van der Waals surface area contributed by atoms with E-state index in [1.54, 1.807) is 6.07 Å². The highest BCUT2D eigenvalue weighted by atomic mass is 16.6. The fraction of sp³-hybridized carbons (Fsp3) is 0.625. The number of rotatable bonds is 6. The Morgan fingerprint density at radius 2 is 2.00 bits per heavy atom. The smallest absolute Gasteiger partial charge is 0.315 e. The number of para-hydroxylation sites is 1. The summed E-state index contributed by atoms with van der Waals surface area (Å²) in [6, 6.07) is 5.81. The minimum absolute atomic E-state index is 0.170. The molecule has 1 aliphatic rings. The Morgan fingerprint density at radius 3 is 2.67 bits per heavy atom. The molecule has 116 valence electrons. The van der Waals surface area contributed by atoms with Gasteiger partial charge >= 0.3 is 5.69 Å². The summed E-state index contributed by atoms with van der Waals surface area (Å²) in [5, 5.41) is 18.0. The molecule has 21 heavy (non-hydrogen) atoms. The topological polar surface area (TPSA) is 67.2 Å². The highest BCUT2D eigenvalue weighted by Gasteiger charge is 2.25. The maximum absolute atomic E-state index is 11.5. The van der Waals surface area contributed by atoms with E-state index in [9.17, 15) is 10.1 Å². The van der Waals surface area contributed by atoms with Crippen LogP contribution in [-0.2, 0) is 0 Å². The van der Waals surface area contributed by atoms with Crippen molar-refractivity contribution in [2.24, 2.45) is 5.92 Å². The normalized spacial score (nSPS) is 21.8. The third kappa shape index (κ3) is 3.86. The molecule has 0 saturated heterocycles. The van der Waals surface area contributed by atoms with E-state index in [1.807, 2.05) is 19.1 Å². The summed E-state index contributed by atoms with van der Waals surface area (Å²) in [5.41, 5.74) is 1.42. The first-order chi connectivity index (χ1) is 10.1. The van der Waals surface area contributed by atoms with Crippen LogP contribution >= 0.6 is 0 Å². The highest BCUT2D eigenvalue weighted by Crippen LogP contribution is 2.35. The number of nitro groups is 1. The first-order valence-electron chi connectivity index (χ1n) is 7.91. The van der Waals surface area contributed by atoms with Gasteiger partial charge in [0.2, 0.25) is 0 Å². The van der Waals surface area contributed by atoms with Crippen LogP contribution in [0.25, 0.3) is 0 Å². The van der Waals surface area contributed by atoms with Crippen LogP contribution < -0.4 is 10.6 Å². The molecule has 1 fully saturated rings. The zero-order valence-electron chi connectivity index (χ0n) is 12.9. The van der Waals surface area contributed by atoms with Gasteiger partial charge in [0.15, 0.2) is 0 Å². The molecule has 0 bridgehead atoms. The standard InChI is InChI=1S/C16H25N3O2/c1-3-11-17-14-9-6-10-15(16(14)19(20)21)18-13-8-5-4-7-12(13)2/h6,9-10,12-13,17-18H,3-5,7-8,11H2,1-2H3. The van der Waals surface area contributed by atoms with Crippen LogP contribution in [-0.4, -0.2) is 17.5 Å². The lowest BCUT2D eigenvalue weighted by Crippen LogP contribution is -2.30. The van der Waals surface area contributed by atoms with Crippen LogP contribution in [0.3, 0.4) is 0 Å². The van der Waals surface area contributed by atoms with Crippen molar-refractivity contribution >= 4 is 17.1 Å². The first-order valence-corrected chi connectivity index (χ1v) is 7.91. The average molecular weight is 291 g/mol. The molecule has 2 unspecified atom stereocenters. The predicted octanol–water partition coefficient (Wildman–Crippen LogP) is 4.41. The molecule has 0 aromatic heterocycles. The number of nitrogens with zero attached hydrogens (tertiary/aromatic N) is 1. The molecule has 1 aliphatic carbocycles. The lowest BCUT2D eigenvalue weighted by atomic mass is 9.86. The van der Waals surface area contributed by atoms with Gasteiger partial charge in [0, 0.05) is 12.6 Å². The Morgan fingerprint density at radius 1 is 1.29 bits per heavy atom. The summed E-state index contributed by atoms with van der Waals surface area (Å²) in [4.78, 5) is 11.2. The molecule has 0 amide bonds. The maximum atomic E-state index is 11.5. The number of nitro benzene ring substituents is 1. The van der Waals surface area contributed by atoms with Crippen LogP contribution in [0.1, 0.15) is 46.0 Å². The lowest BCUT2D eigenvalue weighted by molar-refractivity contribution is -0.383. The number of nitrogens with one attached hydrogen (secondary N) is 2. The molecule has 0 aliphatic heterocycles. The Bertz CT molecular complexity index is 490. The van der Waals surface area contributed by atoms with Gasteiger partial charge in [-0.05, 0) is 37.3 Å². The van der Waals surface area contributed by atoms with Gasteiger partial charge in [0.25, 0.3) is 0 Å². The fourth-order valence-electron chi connectivity index (χ4n) is 2.99. The van der Waals surface area contributed by atoms with Crippen molar-refractivity contribution in [3.63, 3.8) is 0 Å². The number of anilines is 2. The van der Waals surface area contributed by atoms with Crippen molar-refractivity contribution in [1.82, 2.24) is 0 Å². The molecule has 2 atom stereocenters. The van der Waals surface area contributed by atoms with Crippen LogP contribution in [0.2, 0.25) is 0 Å². The van der Waals surface area contributed by atoms with Crippen LogP contribution in [0, 0.1) is 16.0 Å². The van der Waals surface area contributed by atoms with Crippen molar-refractivity contribution < 1.29 is 4.92 Å². The quantitative estimate of drug-likeness (QED) is 0.602. The molecule has 2 N–H and O–H groups in total. The molecule has 0 spiro atoms. The summed E-state index contributed by atoms with van der Waals surface area (Å²) in [7, 11) is 0. The van der Waals surface area contributed by atoms with Crippen molar-refractivity contribution in [2.75, 3.05) is 17.2 Å². The zero-order chi connectivity index (χ0) is 15.2. The van der Waals surface area contributed by atoms with Gasteiger partial charge < -0.3 is 10.6 Å².